The largest absolute Gasteiger partial charge is 0.354 e. The van der Waals surface area contributed by atoms with E-state index < -0.39 is 0 Å². The van der Waals surface area contributed by atoms with Crippen LogP contribution in [0.2, 0.25) is 0 Å². The van der Waals surface area contributed by atoms with Gasteiger partial charge < -0.3 is 10.2 Å². The maximum Gasteiger partial charge on any atom is 0.129 e. The molecule has 0 saturated carbocycles. The van der Waals surface area contributed by atoms with Gasteiger partial charge in [-0.3, -0.25) is 0 Å². The Balaban J connectivity index is 2.81. The summed E-state index contributed by atoms with van der Waals surface area (Å²) in [5, 5.41) is 3.48. The lowest BCUT2D eigenvalue weighted by Crippen LogP contribution is -2.36. The molecule has 0 aliphatic carbocycles. The third-order valence-electron chi connectivity index (χ3n) is 3.35. The van der Waals surface area contributed by atoms with E-state index in [9.17, 15) is 0 Å². The molecule has 1 aromatic rings. The first kappa shape index (κ1) is 16.0. The second-order valence-electron chi connectivity index (χ2n) is 6.13. The fraction of sp³-hybridized carbons (Fsp3) is 0.688. The zero-order valence-corrected chi connectivity index (χ0v) is 13.3. The molecule has 1 rings (SSSR count). The standard InChI is InChI=1S/C16H29N3/c1-7-13(3)19(8-2)15-11-9-10-14(18-15)12-17-16(4,5)6/h9-11,13,17H,7-8,12H2,1-6H3. The van der Waals surface area contributed by atoms with Crippen LogP contribution in [-0.2, 0) is 6.54 Å². The van der Waals surface area contributed by atoms with Gasteiger partial charge >= 0.3 is 0 Å². The highest BCUT2D eigenvalue weighted by atomic mass is 15.2. The van der Waals surface area contributed by atoms with Crippen molar-refractivity contribution in [3.05, 3.63) is 23.9 Å². The number of anilines is 1. The van der Waals surface area contributed by atoms with Crippen molar-refractivity contribution in [1.82, 2.24) is 10.3 Å². The molecule has 0 radical (unpaired) electrons. The maximum absolute atomic E-state index is 4.78. The summed E-state index contributed by atoms with van der Waals surface area (Å²) < 4.78 is 0. The quantitative estimate of drug-likeness (QED) is 0.850. The van der Waals surface area contributed by atoms with Crippen LogP contribution in [-0.4, -0.2) is 23.1 Å². The maximum atomic E-state index is 4.78. The SMILES string of the molecule is CCC(C)N(CC)c1cccc(CNC(C)(C)C)n1. The minimum Gasteiger partial charge on any atom is -0.354 e. The lowest BCUT2D eigenvalue weighted by Gasteiger charge is -2.29. The number of hydrogen-bond donors (Lipinski definition) is 1. The van der Waals surface area contributed by atoms with Crippen LogP contribution in [0.3, 0.4) is 0 Å². The van der Waals surface area contributed by atoms with E-state index >= 15 is 0 Å². The fourth-order valence-corrected chi connectivity index (χ4v) is 2.00. The first-order chi connectivity index (χ1) is 8.87. The van der Waals surface area contributed by atoms with Crippen LogP contribution in [0.15, 0.2) is 18.2 Å². The Labute approximate surface area is 118 Å². The molecular weight excluding hydrogens is 234 g/mol. The smallest absolute Gasteiger partial charge is 0.129 e. The van der Waals surface area contributed by atoms with Gasteiger partial charge in [-0.15, -0.1) is 0 Å². The average Bonchev–Trinajstić information content (AvgIpc) is 2.37. The second kappa shape index (κ2) is 6.90. The second-order valence-corrected chi connectivity index (χ2v) is 6.13. The van der Waals surface area contributed by atoms with E-state index in [2.05, 4.69) is 70.0 Å². The number of pyridine rings is 1. The summed E-state index contributed by atoms with van der Waals surface area (Å²) in [4.78, 5) is 7.14. The molecule has 0 bridgehead atoms. The van der Waals surface area contributed by atoms with Crippen LogP contribution >= 0.6 is 0 Å². The van der Waals surface area contributed by atoms with Gasteiger partial charge in [0.05, 0.1) is 5.69 Å². The van der Waals surface area contributed by atoms with Crippen LogP contribution in [0.1, 0.15) is 53.7 Å². The minimum absolute atomic E-state index is 0.124. The molecule has 0 aliphatic rings. The Morgan fingerprint density at radius 2 is 1.95 bits per heavy atom. The summed E-state index contributed by atoms with van der Waals surface area (Å²) in [6, 6.07) is 6.83. The Hall–Kier alpha value is -1.09. The molecule has 0 aliphatic heterocycles. The topological polar surface area (TPSA) is 28.2 Å². The van der Waals surface area contributed by atoms with Gasteiger partial charge in [0.2, 0.25) is 0 Å². The molecule has 3 nitrogen and oxygen atoms in total. The molecule has 19 heavy (non-hydrogen) atoms. The van der Waals surface area contributed by atoms with Crippen LogP contribution in [0.4, 0.5) is 5.82 Å². The van der Waals surface area contributed by atoms with Gasteiger partial charge in [0.15, 0.2) is 0 Å². The average molecular weight is 263 g/mol. The van der Waals surface area contributed by atoms with Crippen LogP contribution in [0, 0.1) is 0 Å². The molecule has 1 atom stereocenters. The lowest BCUT2D eigenvalue weighted by molar-refractivity contribution is 0.421. The van der Waals surface area contributed by atoms with Crippen molar-refractivity contribution < 1.29 is 0 Å². The van der Waals surface area contributed by atoms with Crippen molar-refractivity contribution in [2.24, 2.45) is 0 Å². The molecule has 1 heterocycles. The molecule has 1 aromatic heterocycles. The molecule has 0 amide bonds. The summed E-state index contributed by atoms with van der Waals surface area (Å²) in [6.45, 7) is 15.0. The van der Waals surface area contributed by atoms with E-state index in [0.717, 1.165) is 31.0 Å². The highest BCUT2D eigenvalue weighted by Gasteiger charge is 2.13. The molecular formula is C16H29N3. The normalized spacial score (nSPS) is 13.4. The number of rotatable bonds is 6. The third-order valence-corrected chi connectivity index (χ3v) is 3.35. The van der Waals surface area contributed by atoms with Crippen LogP contribution < -0.4 is 10.2 Å². The molecule has 108 valence electrons. The minimum atomic E-state index is 0.124. The van der Waals surface area contributed by atoms with Gasteiger partial charge in [0.1, 0.15) is 5.82 Å². The van der Waals surface area contributed by atoms with Crippen LogP contribution in [0.25, 0.3) is 0 Å². The number of aromatic nitrogens is 1. The first-order valence-electron chi connectivity index (χ1n) is 7.35. The van der Waals surface area contributed by atoms with Crippen molar-refractivity contribution in [2.45, 2.75) is 66.1 Å². The van der Waals surface area contributed by atoms with Crippen molar-refractivity contribution >= 4 is 5.82 Å². The predicted octanol–water partition coefficient (Wildman–Crippen LogP) is 3.59. The summed E-state index contributed by atoms with van der Waals surface area (Å²) in [7, 11) is 0. The van der Waals surface area contributed by atoms with Gasteiger partial charge in [0, 0.05) is 24.7 Å². The van der Waals surface area contributed by atoms with E-state index in [1.165, 1.54) is 0 Å². The summed E-state index contributed by atoms with van der Waals surface area (Å²) >= 11 is 0. The van der Waals surface area contributed by atoms with E-state index in [-0.39, 0.29) is 5.54 Å². The fourth-order valence-electron chi connectivity index (χ4n) is 2.00. The zero-order valence-electron chi connectivity index (χ0n) is 13.3. The summed E-state index contributed by atoms with van der Waals surface area (Å²) in [5.41, 5.74) is 1.23. The molecule has 0 fully saturated rings. The molecule has 0 spiro atoms. The number of nitrogens with one attached hydrogen (secondary N) is 1. The first-order valence-corrected chi connectivity index (χ1v) is 7.35. The highest BCUT2D eigenvalue weighted by molar-refractivity contribution is 5.40. The molecule has 0 saturated heterocycles. The van der Waals surface area contributed by atoms with E-state index in [1.807, 2.05) is 0 Å². The van der Waals surface area contributed by atoms with Gasteiger partial charge in [-0.25, -0.2) is 4.98 Å². The Morgan fingerprint density at radius 1 is 1.26 bits per heavy atom. The Morgan fingerprint density at radius 3 is 2.47 bits per heavy atom. The van der Waals surface area contributed by atoms with Crippen molar-refractivity contribution in [1.29, 1.82) is 0 Å². The van der Waals surface area contributed by atoms with E-state index in [4.69, 9.17) is 4.98 Å². The van der Waals surface area contributed by atoms with Crippen LogP contribution in [0.5, 0.6) is 0 Å². The zero-order chi connectivity index (χ0) is 14.5. The summed E-state index contributed by atoms with van der Waals surface area (Å²) in [5.74, 6) is 1.09. The Kier molecular flexibility index (Phi) is 5.80. The van der Waals surface area contributed by atoms with Gasteiger partial charge in [-0.1, -0.05) is 13.0 Å². The molecule has 3 heteroatoms. The van der Waals surface area contributed by atoms with Crippen molar-refractivity contribution in [2.75, 3.05) is 11.4 Å². The van der Waals surface area contributed by atoms with Gasteiger partial charge in [-0.05, 0) is 53.2 Å². The monoisotopic (exact) mass is 263 g/mol. The number of hydrogen-bond acceptors (Lipinski definition) is 3. The Bertz CT molecular complexity index is 382. The molecule has 1 N–H and O–H groups in total. The van der Waals surface area contributed by atoms with Crippen molar-refractivity contribution in [3.63, 3.8) is 0 Å². The van der Waals surface area contributed by atoms with E-state index in [0.29, 0.717) is 6.04 Å². The third kappa shape index (κ3) is 5.19. The van der Waals surface area contributed by atoms with Gasteiger partial charge in [-0.2, -0.15) is 0 Å². The number of nitrogens with zero attached hydrogens (tertiary/aromatic N) is 2. The van der Waals surface area contributed by atoms with Gasteiger partial charge in [0.25, 0.3) is 0 Å². The van der Waals surface area contributed by atoms with E-state index in [1.54, 1.807) is 0 Å². The summed E-state index contributed by atoms with van der Waals surface area (Å²) in [6.07, 6.45) is 1.14. The molecule has 0 aromatic carbocycles. The predicted molar refractivity (Wildman–Crippen MR) is 83.6 cm³/mol. The lowest BCUT2D eigenvalue weighted by atomic mass is 10.1. The molecule has 1 unspecified atom stereocenters. The van der Waals surface area contributed by atoms with Crippen molar-refractivity contribution in [3.8, 4) is 0 Å². The highest BCUT2D eigenvalue weighted by Crippen LogP contribution is 2.16.